The zero-order valence-corrected chi connectivity index (χ0v) is 23.0. The molecule has 0 fully saturated rings. The lowest BCUT2D eigenvalue weighted by Crippen LogP contribution is -2.17. The number of carbonyl (C=O) groups is 6. The molecule has 3 rings (SSSR count). The zero-order valence-electron chi connectivity index (χ0n) is 23.0. The Kier molecular flexibility index (Phi) is 9.86. The van der Waals surface area contributed by atoms with Crippen LogP contribution in [0.4, 0.5) is 17.1 Å². The second kappa shape index (κ2) is 13.5. The van der Waals surface area contributed by atoms with Gasteiger partial charge in [0, 0.05) is 34.6 Å². The van der Waals surface area contributed by atoms with E-state index >= 15 is 0 Å². The number of methoxy groups -OCH3 is 4. The molecule has 2 amide bonds. The maximum Gasteiger partial charge on any atom is 0.337 e. The molecule has 0 saturated heterocycles. The summed E-state index contributed by atoms with van der Waals surface area (Å²) < 4.78 is 18.6. The first-order valence-corrected chi connectivity index (χ1v) is 12.0. The molecule has 0 aliphatic heterocycles. The van der Waals surface area contributed by atoms with Crippen LogP contribution < -0.4 is 10.6 Å². The van der Waals surface area contributed by atoms with Crippen molar-refractivity contribution in [3.05, 3.63) is 98.1 Å². The third-order valence-corrected chi connectivity index (χ3v) is 5.72. The summed E-state index contributed by atoms with van der Waals surface area (Å²) in [4.78, 5) is 85.3. The number of nitro groups is 1. The maximum absolute atomic E-state index is 13.1. The molecule has 3 aromatic carbocycles. The minimum atomic E-state index is -0.934. The van der Waals surface area contributed by atoms with Gasteiger partial charge in [-0.15, -0.1) is 0 Å². The van der Waals surface area contributed by atoms with E-state index in [-0.39, 0.29) is 44.8 Å². The molecule has 0 heterocycles. The molecule has 3 aromatic rings. The number of nitro benzene ring substituents is 1. The van der Waals surface area contributed by atoms with Gasteiger partial charge in [0.2, 0.25) is 0 Å². The fourth-order valence-corrected chi connectivity index (χ4v) is 3.73. The van der Waals surface area contributed by atoms with Gasteiger partial charge in [-0.1, -0.05) is 0 Å². The molecular weight excluding hydrogens is 570 g/mol. The lowest BCUT2D eigenvalue weighted by Gasteiger charge is -2.12. The molecular formula is C28H23N3O12. The molecule has 0 aliphatic rings. The summed E-state index contributed by atoms with van der Waals surface area (Å²) in [5.74, 6) is -5.14. The van der Waals surface area contributed by atoms with Crippen LogP contribution >= 0.6 is 0 Å². The predicted molar refractivity (Wildman–Crippen MR) is 147 cm³/mol. The molecule has 0 radical (unpaired) electrons. The number of hydrogen-bond donors (Lipinski definition) is 2. The third kappa shape index (κ3) is 7.55. The molecule has 2 N–H and O–H groups in total. The van der Waals surface area contributed by atoms with E-state index in [4.69, 9.17) is 0 Å². The van der Waals surface area contributed by atoms with Crippen molar-refractivity contribution in [1.82, 2.24) is 0 Å². The van der Waals surface area contributed by atoms with Crippen LogP contribution in [0.1, 0.15) is 62.1 Å². The summed E-state index contributed by atoms with van der Waals surface area (Å²) in [6, 6.07) is 10.0. The number of benzene rings is 3. The highest BCUT2D eigenvalue weighted by molar-refractivity contribution is 6.10. The predicted octanol–water partition coefficient (Wildman–Crippen LogP) is 3.25. The summed E-state index contributed by atoms with van der Waals surface area (Å²) in [5.41, 5.74) is -1.78. The van der Waals surface area contributed by atoms with E-state index in [9.17, 15) is 38.9 Å². The SMILES string of the molecule is COC(=O)c1cc(NC(=O)c2cc(C(=O)Nc3cc(C(=O)OC)cc(C(=O)OC)c3)cc([N+](=O)[O-])c2)cc(C(=O)OC)c1. The van der Waals surface area contributed by atoms with Crippen molar-refractivity contribution >= 4 is 52.8 Å². The Morgan fingerprint density at radius 3 is 1.05 bits per heavy atom. The summed E-state index contributed by atoms with van der Waals surface area (Å²) >= 11 is 0. The zero-order chi connectivity index (χ0) is 31.8. The van der Waals surface area contributed by atoms with Gasteiger partial charge >= 0.3 is 23.9 Å². The van der Waals surface area contributed by atoms with Crippen molar-refractivity contribution in [3.8, 4) is 0 Å². The van der Waals surface area contributed by atoms with Crippen LogP contribution in [0.5, 0.6) is 0 Å². The second-order valence-corrected chi connectivity index (χ2v) is 8.50. The van der Waals surface area contributed by atoms with Gasteiger partial charge < -0.3 is 29.6 Å². The second-order valence-electron chi connectivity index (χ2n) is 8.50. The highest BCUT2D eigenvalue weighted by Gasteiger charge is 2.21. The van der Waals surface area contributed by atoms with E-state index in [0.717, 1.165) is 46.6 Å². The third-order valence-electron chi connectivity index (χ3n) is 5.72. The molecule has 0 saturated carbocycles. The first-order valence-electron chi connectivity index (χ1n) is 12.0. The number of esters is 4. The molecule has 15 nitrogen and oxygen atoms in total. The number of carbonyl (C=O) groups excluding carboxylic acids is 6. The van der Waals surface area contributed by atoms with E-state index in [1.165, 1.54) is 36.4 Å². The molecule has 0 atom stereocenters. The number of rotatable bonds is 9. The molecule has 0 aromatic heterocycles. The highest BCUT2D eigenvalue weighted by atomic mass is 16.6. The highest BCUT2D eigenvalue weighted by Crippen LogP contribution is 2.23. The normalized spacial score (nSPS) is 10.1. The van der Waals surface area contributed by atoms with Crippen LogP contribution in [0.3, 0.4) is 0 Å². The first kappa shape index (κ1) is 31.4. The molecule has 0 bridgehead atoms. The van der Waals surface area contributed by atoms with Crippen molar-refractivity contribution in [2.45, 2.75) is 0 Å². The van der Waals surface area contributed by atoms with Gasteiger partial charge in [-0.2, -0.15) is 0 Å². The van der Waals surface area contributed by atoms with Gasteiger partial charge in [0.1, 0.15) is 0 Å². The summed E-state index contributed by atoms with van der Waals surface area (Å²) in [6.45, 7) is 0. The maximum atomic E-state index is 13.1. The number of nitrogens with zero attached hydrogens (tertiary/aromatic N) is 1. The van der Waals surface area contributed by atoms with Gasteiger partial charge in [-0.25, -0.2) is 19.2 Å². The quantitative estimate of drug-likeness (QED) is 0.159. The lowest BCUT2D eigenvalue weighted by atomic mass is 10.1. The van der Waals surface area contributed by atoms with Gasteiger partial charge in [0.25, 0.3) is 17.5 Å². The van der Waals surface area contributed by atoms with Gasteiger partial charge in [-0.05, 0) is 42.5 Å². The minimum absolute atomic E-state index is 0.0548. The van der Waals surface area contributed by atoms with Crippen LogP contribution in [0.25, 0.3) is 0 Å². The van der Waals surface area contributed by atoms with Crippen LogP contribution in [-0.2, 0) is 18.9 Å². The first-order chi connectivity index (χ1) is 20.4. The van der Waals surface area contributed by atoms with E-state index in [1.54, 1.807) is 0 Å². The van der Waals surface area contributed by atoms with E-state index in [1.807, 2.05) is 0 Å². The Hall–Kier alpha value is -6.12. The van der Waals surface area contributed by atoms with Crippen LogP contribution in [0, 0.1) is 10.1 Å². The van der Waals surface area contributed by atoms with Crippen molar-refractivity contribution in [1.29, 1.82) is 0 Å². The topological polar surface area (TPSA) is 207 Å². The Bertz CT molecular complexity index is 1480. The fraction of sp³-hybridized carbons (Fsp3) is 0.143. The molecule has 0 unspecified atom stereocenters. The number of non-ortho nitro benzene ring substituents is 1. The fourth-order valence-electron chi connectivity index (χ4n) is 3.73. The van der Waals surface area contributed by atoms with E-state index < -0.39 is 46.3 Å². The largest absolute Gasteiger partial charge is 0.465 e. The summed E-state index contributed by atoms with van der Waals surface area (Å²) in [5, 5.41) is 16.5. The minimum Gasteiger partial charge on any atom is -0.465 e. The van der Waals surface area contributed by atoms with Crippen LogP contribution in [0.2, 0.25) is 0 Å². The van der Waals surface area contributed by atoms with Crippen LogP contribution in [-0.4, -0.2) is 69.1 Å². The van der Waals surface area contributed by atoms with Crippen molar-refractivity contribution in [2.24, 2.45) is 0 Å². The average molecular weight is 594 g/mol. The number of ether oxygens (including phenoxy) is 4. The molecule has 0 spiro atoms. The number of anilines is 2. The average Bonchev–Trinajstić information content (AvgIpc) is 3.02. The number of nitrogens with one attached hydrogen (secondary N) is 2. The van der Waals surface area contributed by atoms with Crippen molar-refractivity contribution in [2.75, 3.05) is 39.1 Å². The lowest BCUT2D eigenvalue weighted by molar-refractivity contribution is -0.384. The van der Waals surface area contributed by atoms with Gasteiger partial charge in [0.05, 0.1) is 55.6 Å². The molecule has 15 heteroatoms. The molecule has 222 valence electrons. The Balaban J connectivity index is 1.99. The number of amides is 2. The van der Waals surface area contributed by atoms with Gasteiger partial charge in [-0.3, -0.25) is 19.7 Å². The van der Waals surface area contributed by atoms with Gasteiger partial charge in [0.15, 0.2) is 0 Å². The van der Waals surface area contributed by atoms with Crippen LogP contribution in [0.15, 0.2) is 54.6 Å². The molecule has 43 heavy (non-hydrogen) atoms. The Morgan fingerprint density at radius 1 is 0.512 bits per heavy atom. The standard InChI is InChI=1S/C28H23N3O12/c1-40-25(34)16-6-17(26(35)41-2)9-20(8-16)29-23(32)14-5-15(13-22(12-14)31(38)39)24(33)30-21-10-18(27(36)42-3)7-19(11-21)28(37)43-4/h5-13H,1-4H3,(H,29,32)(H,30,33). The van der Waals surface area contributed by atoms with E-state index in [0.29, 0.717) is 0 Å². The molecule has 0 aliphatic carbocycles. The smallest absolute Gasteiger partial charge is 0.337 e. The Morgan fingerprint density at radius 2 is 0.791 bits per heavy atom. The summed E-state index contributed by atoms with van der Waals surface area (Å²) in [7, 11) is 4.46. The van der Waals surface area contributed by atoms with E-state index in [2.05, 4.69) is 29.6 Å². The monoisotopic (exact) mass is 593 g/mol. The summed E-state index contributed by atoms with van der Waals surface area (Å²) in [6.07, 6.45) is 0. The van der Waals surface area contributed by atoms with Crippen molar-refractivity contribution in [3.63, 3.8) is 0 Å². The number of hydrogen-bond acceptors (Lipinski definition) is 12. The Labute approximate surface area is 242 Å². The van der Waals surface area contributed by atoms with Crippen molar-refractivity contribution < 1.29 is 52.6 Å².